The molecule has 2 aromatic heterocycles. The van der Waals surface area contributed by atoms with Gasteiger partial charge in [0.05, 0.1) is 16.7 Å². The second-order valence-electron chi connectivity index (χ2n) is 14.3. The van der Waals surface area contributed by atoms with Crippen LogP contribution in [0, 0.1) is 0 Å². The number of fused-ring (bicyclic) bond motifs is 4. The third kappa shape index (κ3) is 6.43. The quantitative estimate of drug-likeness (QED) is 0.171. The average Bonchev–Trinajstić information content (AvgIpc) is 3.65. The van der Waals surface area contributed by atoms with Crippen molar-refractivity contribution in [3.8, 4) is 50.6 Å². The standard InChI is InChI=1S/C53H38N4/c1-37-14-5-4-12-33-56(45-19-8-3-9-20-45)50-30-28-42(35-48(37)50)43-27-29-47-46-21-10-11-22-51(46)57(52(47)36-43)53-54-32-31-49(55-53)44-18-13-17-41(34-44)40-25-23-39(24-26-40)38-15-6-2-7-16-38/h2-32,34-36H,1,33H2/b12-4-,14-5-. The predicted molar refractivity (Wildman–Crippen MR) is 239 cm³/mol. The van der Waals surface area contributed by atoms with Crippen LogP contribution < -0.4 is 4.90 Å². The first kappa shape index (κ1) is 34.0. The van der Waals surface area contributed by atoms with Gasteiger partial charge in [0.2, 0.25) is 5.95 Å². The molecule has 57 heavy (non-hydrogen) atoms. The third-order valence-electron chi connectivity index (χ3n) is 10.9. The monoisotopic (exact) mass is 730 g/mol. The van der Waals surface area contributed by atoms with E-state index in [0.717, 1.165) is 84.4 Å². The molecular formula is C53H38N4. The lowest BCUT2D eigenvalue weighted by molar-refractivity contribution is 0.992. The van der Waals surface area contributed by atoms with E-state index in [-0.39, 0.29) is 0 Å². The molecule has 0 N–H and O–H groups in total. The predicted octanol–water partition coefficient (Wildman–Crippen LogP) is 13.5. The van der Waals surface area contributed by atoms with Crippen LogP contribution in [0.15, 0.2) is 213 Å². The Hall–Kier alpha value is -7.56. The van der Waals surface area contributed by atoms with Gasteiger partial charge in [0.15, 0.2) is 0 Å². The molecule has 0 saturated heterocycles. The van der Waals surface area contributed by atoms with Crippen LogP contribution in [0.4, 0.5) is 11.4 Å². The second-order valence-corrected chi connectivity index (χ2v) is 14.3. The summed E-state index contributed by atoms with van der Waals surface area (Å²) < 4.78 is 2.20. The van der Waals surface area contributed by atoms with Gasteiger partial charge in [-0.05, 0) is 87.5 Å². The summed E-state index contributed by atoms with van der Waals surface area (Å²) in [6, 6.07) is 62.4. The number of aromatic nitrogens is 3. The van der Waals surface area contributed by atoms with Gasteiger partial charge in [0.25, 0.3) is 0 Å². The first-order chi connectivity index (χ1) is 28.2. The van der Waals surface area contributed by atoms with E-state index in [1.165, 1.54) is 11.1 Å². The van der Waals surface area contributed by atoms with Crippen LogP contribution >= 0.6 is 0 Å². The second kappa shape index (κ2) is 14.6. The van der Waals surface area contributed by atoms with Crippen molar-refractivity contribution in [2.75, 3.05) is 11.4 Å². The van der Waals surface area contributed by atoms with Gasteiger partial charge in [0, 0.05) is 46.0 Å². The summed E-state index contributed by atoms with van der Waals surface area (Å²) in [6.07, 6.45) is 10.3. The molecule has 0 atom stereocenters. The Kier molecular flexibility index (Phi) is 8.69. The number of hydrogen-bond donors (Lipinski definition) is 0. The summed E-state index contributed by atoms with van der Waals surface area (Å²) in [5, 5.41) is 2.31. The van der Waals surface area contributed by atoms with E-state index in [4.69, 9.17) is 9.97 Å². The molecule has 0 aliphatic carbocycles. The average molecular weight is 731 g/mol. The van der Waals surface area contributed by atoms with E-state index in [9.17, 15) is 0 Å². The lowest BCUT2D eigenvalue weighted by Crippen LogP contribution is -2.18. The molecule has 0 saturated carbocycles. The normalized spacial score (nSPS) is 13.8. The number of nitrogens with zero attached hydrogens (tertiary/aromatic N) is 4. The van der Waals surface area contributed by atoms with Crippen molar-refractivity contribution in [2.45, 2.75) is 0 Å². The van der Waals surface area contributed by atoms with Crippen LogP contribution in [0.25, 0.3) is 78.0 Å². The highest BCUT2D eigenvalue weighted by Gasteiger charge is 2.19. The van der Waals surface area contributed by atoms with Gasteiger partial charge in [-0.2, -0.15) is 0 Å². The third-order valence-corrected chi connectivity index (χ3v) is 10.9. The Morgan fingerprint density at radius 1 is 0.491 bits per heavy atom. The fourth-order valence-corrected chi connectivity index (χ4v) is 7.99. The molecule has 0 radical (unpaired) electrons. The number of para-hydroxylation sites is 2. The summed E-state index contributed by atoms with van der Waals surface area (Å²) in [6.45, 7) is 5.25. The number of hydrogen-bond acceptors (Lipinski definition) is 3. The minimum Gasteiger partial charge on any atom is -0.337 e. The molecule has 0 spiro atoms. The van der Waals surface area contributed by atoms with Crippen molar-refractivity contribution in [2.24, 2.45) is 0 Å². The highest BCUT2D eigenvalue weighted by molar-refractivity contribution is 6.10. The van der Waals surface area contributed by atoms with E-state index in [2.05, 4.69) is 204 Å². The van der Waals surface area contributed by atoms with Gasteiger partial charge in [-0.1, -0.05) is 158 Å². The lowest BCUT2D eigenvalue weighted by atomic mass is 9.96. The van der Waals surface area contributed by atoms with Crippen molar-refractivity contribution in [3.05, 3.63) is 219 Å². The Morgan fingerprint density at radius 2 is 1.12 bits per heavy atom. The molecule has 3 heterocycles. The zero-order valence-electron chi connectivity index (χ0n) is 31.3. The molecule has 0 fully saturated rings. The fraction of sp³-hybridized carbons (Fsp3) is 0.0189. The molecule has 4 nitrogen and oxygen atoms in total. The summed E-state index contributed by atoms with van der Waals surface area (Å²) in [5.41, 5.74) is 15.3. The molecule has 9 aromatic rings. The van der Waals surface area contributed by atoms with Crippen LogP contribution in [-0.4, -0.2) is 21.1 Å². The van der Waals surface area contributed by atoms with Crippen molar-refractivity contribution >= 4 is 38.8 Å². The highest BCUT2D eigenvalue weighted by Crippen LogP contribution is 2.39. The van der Waals surface area contributed by atoms with Crippen LogP contribution in [0.1, 0.15) is 5.56 Å². The molecule has 7 aromatic carbocycles. The van der Waals surface area contributed by atoms with Gasteiger partial charge < -0.3 is 4.90 Å². The van der Waals surface area contributed by atoms with Crippen LogP contribution in [0.5, 0.6) is 0 Å². The SMILES string of the molecule is C=C1/C=C\C=C/CN(c2ccccc2)c2ccc(-c3ccc4c5ccccc5n(-c5nccc(-c6cccc(-c7ccc(-c8ccccc8)cc7)c6)n5)c4c3)cc21. The maximum Gasteiger partial charge on any atom is 0.235 e. The summed E-state index contributed by atoms with van der Waals surface area (Å²) in [5.74, 6) is 0.632. The van der Waals surface area contributed by atoms with Gasteiger partial charge in [-0.25, -0.2) is 9.97 Å². The number of benzene rings is 7. The molecule has 270 valence electrons. The molecule has 1 aliphatic rings. The molecule has 10 rings (SSSR count). The lowest BCUT2D eigenvalue weighted by Gasteiger charge is -2.27. The van der Waals surface area contributed by atoms with Gasteiger partial charge in [-0.3, -0.25) is 4.57 Å². The van der Waals surface area contributed by atoms with Gasteiger partial charge in [-0.15, -0.1) is 0 Å². The molecule has 4 heteroatoms. The highest BCUT2D eigenvalue weighted by atomic mass is 15.2. The van der Waals surface area contributed by atoms with E-state index < -0.39 is 0 Å². The minimum atomic E-state index is 0.632. The largest absolute Gasteiger partial charge is 0.337 e. The zero-order chi connectivity index (χ0) is 38.1. The maximum atomic E-state index is 5.23. The molecular weight excluding hydrogens is 693 g/mol. The van der Waals surface area contributed by atoms with E-state index in [1.807, 2.05) is 18.3 Å². The Balaban J connectivity index is 1.05. The topological polar surface area (TPSA) is 34.0 Å². The smallest absolute Gasteiger partial charge is 0.235 e. The van der Waals surface area contributed by atoms with E-state index >= 15 is 0 Å². The number of anilines is 2. The van der Waals surface area contributed by atoms with Crippen molar-refractivity contribution in [1.82, 2.24) is 14.5 Å². The summed E-state index contributed by atoms with van der Waals surface area (Å²) in [7, 11) is 0. The summed E-state index contributed by atoms with van der Waals surface area (Å²) >= 11 is 0. The van der Waals surface area contributed by atoms with Crippen LogP contribution in [-0.2, 0) is 0 Å². The Bertz CT molecular complexity index is 2990. The Labute approximate surface area is 332 Å². The number of allylic oxidation sites excluding steroid dienone is 4. The van der Waals surface area contributed by atoms with Crippen LogP contribution in [0.3, 0.4) is 0 Å². The Morgan fingerprint density at radius 3 is 1.96 bits per heavy atom. The van der Waals surface area contributed by atoms with E-state index in [1.54, 1.807) is 0 Å². The molecule has 0 amide bonds. The maximum absolute atomic E-state index is 5.23. The van der Waals surface area contributed by atoms with Crippen LogP contribution in [0.2, 0.25) is 0 Å². The van der Waals surface area contributed by atoms with Crippen molar-refractivity contribution in [3.63, 3.8) is 0 Å². The van der Waals surface area contributed by atoms with Crippen molar-refractivity contribution in [1.29, 1.82) is 0 Å². The molecule has 0 bridgehead atoms. The molecule has 0 unspecified atom stereocenters. The van der Waals surface area contributed by atoms with Gasteiger partial charge in [0.1, 0.15) is 0 Å². The minimum absolute atomic E-state index is 0.632. The fourth-order valence-electron chi connectivity index (χ4n) is 7.99. The summed E-state index contributed by atoms with van der Waals surface area (Å²) in [4.78, 5) is 12.5. The zero-order valence-corrected chi connectivity index (χ0v) is 31.3. The molecule has 1 aliphatic heterocycles. The first-order valence-electron chi connectivity index (χ1n) is 19.3. The van der Waals surface area contributed by atoms with Crippen molar-refractivity contribution < 1.29 is 0 Å². The number of rotatable bonds is 6. The van der Waals surface area contributed by atoms with E-state index in [0.29, 0.717) is 5.95 Å². The first-order valence-corrected chi connectivity index (χ1v) is 19.3. The van der Waals surface area contributed by atoms with Gasteiger partial charge >= 0.3 is 0 Å².